The number of methoxy groups -OCH3 is 1. The number of aromatic nitrogens is 2. The molecular formula is C16H14BrN3O. The van der Waals surface area contributed by atoms with E-state index < -0.39 is 0 Å². The van der Waals surface area contributed by atoms with Gasteiger partial charge in [0.15, 0.2) is 5.82 Å². The number of nitrogens with zero attached hydrogens (tertiary/aromatic N) is 2. The lowest BCUT2D eigenvalue weighted by Gasteiger charge is -2.09. The van der Waals surface area contributed by atoms with E-state index in [0.29, 0.717) is 5.82 Å². The summed E-state index contributed by atoms with van der Waals surface area (Å²) in [6.07, 6.45) is 0. The van der Waals surface area contributed by atoms with Crippen LogP contribution in [0.3, 0.4) is 0 Å². The molecule has 0 aliphatic heterocycles. The van der Waals surface area contributed by atoms with Crippen LogP contribution in [0.1, 0.15) is 0 Å². The predicted octanol–water partition coefficient (Wildman–Crippen LogP) is 4.11. The fraction of sp³-hybridized carbons (Fsp3) is 0.125. The molecule has 0 aliphatic carbocycles. The summed E-state index contributed by atoms with van der Waals surface area (Å²) in [7, 11) is 3.51. The third kappa shape index (κ3) is 2.69. The number of fused-ring (bicyclic) bond motifs is 1. The number of nitrogens with one attached hydrogen (secondary N) is 1. The Labute approximate surface area is 131 Å². The lowest BCUT2D eigenvalue weighted by Crippen LogP contribution is -1.99. The Hall–Kier alpha value is -2.14. The largest absolute Gasteiger partial charge is 0.497 e. The average Bonchev–Trinajstić information content (AvgIpc) is 2.54. The van der Waals surface area contributed by atoms with Crippen LogP contribution in [0.2, 0.25) is 0 Å². The molecule has 0 radical (unpaired) electrons. The van der Waals surface area contributed by atoms with Crippen LogP contribution in [0.5, 0.6) is 5.75 Å². The molecule has 3 rings (SSSR count). The van der Waals surface area contributed by atoms with Gasteiger partial charge in [-0.25, -0.2) is 9.97 Å². The number of anilines is 1. The number of rotatable bonds is 3. The van der Waals surface area contributed by atoms with Crippen molar-refractivity contribution in [3.8, 4) is 17.1 Å². The van der Waals surface area contributed by atoms with Crippen molar-refractivity contribution in [2.45, 2.75) is 0 Å². The Kier molecular flexibility index (Phi) is 3.75. The van der Waals surface area contributed by atoms with Gasteiger partial charge in [-0.05, 0) is 30.3 Å². The molecule has 4 nitrogen and oxygen atoms in total. The van der Waals surface area contributed by atoms with Gasteiger partial charge >= 0.3 is 0 Å². The van der Waals surface area contributed by atoms with Crippen molar-refractivity contribution in [1.29, 1.82) is 0 Å². The Morgan fingerprint density at radius 3 is 2.71 bits per heavy atom. The van der Waals surface area contributed by atoms with Gasteiger partial charge in [-0.15, -0.1) is 0 Å². The lowest BCUT2D eigenvalue weighted by molar-refractivity contribution is 0.415. The highest BCUT2D eigenvalue weighted by atomic mass is 79.9. The molecular weight excluding hydrogens is 330 g/mol. The molecule has 0 fully saturated rings. The molecule has 0 spiro atoms. The summed E-state index contributed by atoms with van der Waals surface area (Å²) in [5.74, 6) is 2.27. The highest BCUT2D eigenvalue weighted by molar-refractivity contribution is 9.10. The van der Waals surface area contributed by atoms with Gasteiger partial charge in [-0.2, -0.15) is 0 Å². The molecule has 0 amide bonds. The summed E-state index contributed by atoms with van der Waals surface area (Å²) in [6, 6.07) is 13.7. The number of halogens is 1. The first-order chi connectivity index (χ1) is 10.2. The topological polar surface area (TPSA) is 47.0 Å². The molecule has 3 aromatic rings. The maximum Gasteiger partial charge on any atom is 0.162 e. The van der Waals surface area contributed by atoms with E-state index in [0.717, 1.165) is 32.5 Å². The van der Waals surface area contributed by atoms with Gasteiger partial charge in [0.2, 0.25) is 0 Å². The van der Waals surface area contributed by atoms with Crippen molar-refractivity contribution in [3.63, 3.8) is 0 Å². The predicted molar refractivity (Wildman–Crippen MR) is 88.8 cm³/mol. The van der Waals surface area contributed by atoms with Gasteiger partial charge in [-0.1, -0.05) is 28.1 Å². The van der Waals surface area contributed by atoms with Crippen LogP contribution in [0.4, 0.5) is 5.82 Å². The van der Waals surface area contributed by atoms with E-state index in [4.69, 9.17) is 4.74 Å². The minimum Gasteiger partial charge on any atom is -0.497 e. The fourth-order valence-electron chi connectivity index (χ4n) is 2.18. The summed E-state index contributed by atoms with van der Waals surface area (Å²) >= 11 is 3.48. The Balaban J connectivity index is 2.21. The third-order valence-corrected chi connectivity index (χ3v) is 3.72. The molecule has 1 N–H and O–H groups in total. The summed E-state index contributed by atoms with van der Waals surface area (Å²) in [5, 5.41) is 4.12. The van der Waals surface area contributed by atoms with Crippen LogP contribution in [-0.4, -0.2) is 24.1 Å². The monoisotopic (exact) mass is 343 g/mol. The molecule has 0 unspecified atom stereocenters. The Morgan fingerprint density at radius 2 is 1.95 bits per heavy atom. The second-order valence-electron chi connectivity index (χ2n) is 4.54. The van der Waals surface area contributed by atoms with E-state index in [1.807, 2.05) is 49.5 Å². The van der Waals surface area contributed by atoms with Gasteiger partial charge in [0.25, 0.3) is 0 Å². The standard InChI is InChI=1S/C16H14BrN3O/c1-18-16-13-9-11(17)6-7-14(13)19-15(20-16)10-4-3-5-12(8-10)21-2/h3-9H,1-2H3,(H,18,19,20). The van der Waals surface area contributed by atoms with E-state index in [9.17, 15) is 0 Å². The van der Waals surface area contributed by atoms with Crippen molar-refractivity contribution >= 4 is 32.7 Å². The number of ether oxygens (including phenoxy) is 1. The highest BCUT2D eigenvalue weighted by Crippen LogP contribution is 2.28. The summed E-state index contributed by atoms with van der Waals surface area (Å²) in [5.41, 5.74) is 1.83. The van der Waals surface area contributed by atoms with E-state index in [2.05, 4.69) is 31.2 Å². The van der Waals surface area contributed by atoms with Crippen LogP contribution >= 0.6 is 15.9 Å². The molecule has 21 heavy (non-hydrogen) atoms. The molecule has 1 aromatic heterocycles. The molecule has 0 atom stereocenters. The number of hydrogen-bond acceptors (Lipinski definition) is 4. The minimum absolute atomic E-state index is 0.674. The quantitative estimate of drug-likeness (QED) is 0.777. The second kappa shape index (κ2) is 5.69. The van der Waals surface area contributed by atoms with E-state index in [1.54, 1.807) is 7.11 Å². The maximum atomic E-state index is 5.26. The molecule has 1 heterocycles. The molecule has 0 saturated heterocycles. The fourth-order valence-corrected chi connectivity index (χ4v) is 2.54. The summed E-state index contributed by atoms with van der Waals surface area (Å²) in [6.45, 7) is 0. The molecule has 0 bridgehead atoms. The normalized spacial score (nSPS) is 10.6. The first kappa shape index (κ1) is 13.8. The molecule has 5 heteroatoms. The molecule has 0 aliphatic rings. The van der Waals surface area contributed by atoms with Gasteiger partial charge in [0.05, 0.1) is 12.6 Å². The van der Waals surface area contributed by atoms with E-state index in [1.165, 1.54) is 0 Å². The zero-order valence-corrected chi connectivity index (χ0v) is 13.3. The third-order valence-electron chi connectivity index (χ3n) is 3.22. The lowest BCUT2D eigenvalue weighted by atomic mass is 10.1. The summed E-state index contributed by atoms with van der Waals surface area (Å²) in [4.78, 5) is 9.25. The van der Waals surface area contributed by atoms with Crippen LogP contribution in [0.25, 0.3) is 22.3 Å². The molecule has 0 saturated carbocycles. The van der Waals surface area contributed by atoms with Crippen LogP contribution in [-0.2, 0) is 0 Å². The van der Waals surface area contributed by atoms with Crippen molar-refractivity contribution in [2.75, 3.05) is 19.5 Å². The minimum atomic E-state index is 0.674. The van der Waals surface area contributed by atoms with Crippen LogP contribution in [0.15, 0.2) is 46.9 Å². The SMILES string of the molecule is CNc1nc(-c2cccc(OC)c2)nc2ccc(Br)cc12. The first-order valence-electron chi connectivity index (χ1n) is 6.51. The van der Waals surface area contributed by atoms with Crippen LogP contribution < -0.4 is 10.1 Å². The van der Waals surface area contributed by atoms with Crippen molar-refractivity contribution < 1.29 is 4.74 Å². The van der Waals surface area contributed by atoms with Crippen molar-refractivity contribution in [1.82, 2.24) is 9.97 Å². The zero-order chi connectivity index (χ0) is 14.8. The summed E-state index contributed by atoms with van der Waals surface area (Å²) < 4.78 is 6.26. The number of hydrogen-bond donors (Lipinski definition) is 1. The van der Waals surface area contributed by atoms with E-state index >= 15 is 0 Å². The molecule has 106 valence electrons. The zero-order valence-electron chi connectivity index (χ0n) is 11.7. The Bertz CT molecular complexity index is 805. The van der Waals surface area contributed by atoms with Gasteiger partial charge in [-0.3, -0.25) is 0 Å². The van der Waals surface area contributed by atoms with Crippen molar-refractivity contribution in [2.24, 2.45) is 0 Å². The van der Waals surface area contributed by atoms with Crippen LogP contribution in [0, 0.1) is 0 Å². The van der Waals surface area contributed by atoms with E-state index in [-0.39, 0.29) is 0 Å². The van der Waals surface area contributed by atoms with Gasteiger partial charge < -0.3 is 10.1 Å². The Morgan fingerprint density at radius 1 is 1.10 bits per heavy atom. The average molecular weight is 344 g/mol. The first-order valence-corrected chi connectivity index (χ1v) is 7.30. The second-order valence-corrected chi connectivity index (χ2v) is 5.45. The van der Waals surface area contributed by atoms with Gasteiger partial charge in [0, 0.05) is 22.5 Å². The van der Waals surface area contributed by atoms with Crippen molar-refractivity contribution in [3.05, 3.63) is 46.9 Å². The molecule has 2 aromatic carbocycles. The number of benzene rings is 2. The highest BCUT2D eigenvalue weighted by Gasteiger charge is 2.09. The maximum absolute atomic E-state index is 5.26. The smallest absolute Gasteiger partial charge is 0.162 e. The van der Waals surface area contributed by atoms with Gasteiger partial charge in [0.1, 0.15) is 11.6 Å².